The molecular weight excluding hydrogens is 563 g/mol. The topological polar surface area (TPSA) is 106 Å². The number of fused-ring (bicyclic) bond motifs is 1. The first-order chi connectivity index (χ1) is 21.5. The molecule has 1 aliphatic carbocycles. The summed E-state index contributed by atoms with van der Waals surface area (Å²) >= 11 is 0. The molecule has 1 N–H and O–H groups in total. The van der Waals surface area contributed by atoms with Gasteiger partial charge in [-0.1, -0.05) is 17.9 Å². The second-order valence-corrected chi connectivity index (χ2v) is 11.5. The van der Waals surface area contributed by atoms with Gasteiger partial charge in [0, 0.05) is 56.0 Å². The molecule has 1 atom stereocenters. The number of nitrogens with zero attached hydrogens (tertiary/aromatic N) is 6. The first-order valence-corrected chi connectivity index (χ1v) is 15.1. The third-order valence-electron chi connectivity index (χ3n) is 8.34. The summed E-state index contributed by atoms with van der Waals surface area (Å²) < 4.78 is 28.2. The van der Waals surface area contributed by atoms with Gasteiger partial charge in [0.2, 0.25) is 0 Å². The molecule has 2 saturated heterocycles. The number of benzene rings is 2. The van der Waals surface area contributed by atoms with Gasteiger partial charge in [-0.05, 0) is 55.7 Å². The number of carboxylic acids is 1. The summed E-state index contributed by atoms with van der Waals surface area (Å²) in [5.41, 5.74) is 2.96. The Labute approximate surface area is 254 Å². The zero-order chi connectivity index (χ0) is 30.0. The van der Waals surface area contributed by atoms with Crippen LogP contribution in [-0.4, -0.2) is 74.4 Å². The number of aromatic nitrogens is 4. The SMILES string of the molecule is O=C(O)c1ccc2nc(CN3CCN(c4ccnc(OCc5ccc(C#CC6CC6)cc5F)n4)CC3)n(CC3CCO3)c2c1. The lowest BCUT2D eigenvalue weighted by Crippen LogP contribution is -2.46. The van der Waals surface area contributed by atoms with E-state index in [4.69, 9.17) is 14.5 Å². The number of hydrogen-bond donors (Lipinski definition) is 1. The maximum Gasteiger partial charge on any atom is 0.335 e. The highest BCUT2D eigenvalue weighted by atomic mass is 19.1. The molecular formula is C33H33FN6O4. The molecule has 1 unspecified atom stereocenters. The van der Waals surface area contributed by atoms with Gasteiger partial charge < -0.3 is 24.0 Å². The highest BCUT2D eigenvalue weighted by Gasteiger charge is 2.25. The van der Waals surface area contributed by atoms with Gasteiger partial charge in [-0.3, -0.25) is 4.90 Å². The van der Waals surface area contributed by atoms with Crippen molar-refractivity contribution in [3.05, 3.63) is 77.0 Å². The summed E-state index contributed by atoms with van der Waals surface area (Å²) in [5.74, 6) is 7.02. The molecule has 7 rings (SSSR count). The first-order valence-electron chi connectivity index (χ1n) is 15.1. The number of piperazine rings is 1. The lowest BCUT2D eigenvalue weighted by atomic mass is 10.1. The molecule has 2 aromatic heterocycles. The number of rotatable bonds is 9. The second-order valence-electron chi connectivity index (χ2n) is 11.5. The Kier molecular flexibility index (Phi) is 7.85. The molecule has 11 heteroatoms. The number of aromatic carboxylic acids is 1. The van der Waals surface area contributed by atoms with Crippen molar-refractivity contribution in [1.82, 2.24) is 24.4 Å². The Morgan fingerprint density at radius 2 is 1.91 bits per heavy atom. The van der Waals surface area contributed by atoms with Crippen LogP contribution in [0.4, 0.5) is 10.2 Å². The Morgan fingerprint density at radius 1 is 1.07 bits per heavy atom. The summed E-state index contributed by atoms with van der Waals surface area (Å²) in [6.45, 7) is 5.18. The quantitative estimate of drug-likeness (QED) is 0.286. The number of carbonyl (C=O) groups is 1. The van der Waals surface area contributed by atoms with Gasteiger partial charge in [-0.2, -0.15) is 4.98 Å². The average Bonchev–Trinajstić information content (AvgIpc) is 3.78. The molecule has 10 nitrogen and oxygen atoms in total. The van der Waals surface area contributed by atoms with E-state index in [1.807, 2.05) is 12.1 Å². The molecule has 44 heavy (non-hydrogen) atoms. The van der Waals surface area contributed by atoms with Crippen LogP contribution in [0.2, 0.25) is 0 Å². The predicted molar refractivity (Wildman–Crippen MR) is 161 cm³/mol. The summed E-state index contributed by atoms with van der Waals surface area (Å²) in [5, 5.41) is 9.51. The smallest absolute Gasteiger partial charge is 0.335 e. The summed E-state index contributed by atoms with van der Waals surface area (Å²) in [6, 6.07) is 12.1. The van der Waals surface area contributed by atoms with E-state index in [0.717, 1.165) is 74.7 Å². The van der Waals surface area contributed by atoms with Crippen molar-refractivity contribution in [2.45, 2.75) is 45.1 Å². The molecule has 3 fully saturated rings. The second kappa shape index (κ2) is 12.2. The molecule has 4 heterocycles. The van der Waals surface area contributed by atoms with E-state index in [0.29, 0.717) is 30.1 Å². The van der Waals surface area contributed by atoms with E-state index in [2.05, 4.69) is 36.2 Å². The number of hydrogen-bond acceptors (Lipinski definition) is 8. The zero-order valence-electron chi connectivity index (χ0n) is 24.3. The molecule has 2 aromatic carbocycles. The largest absolute Gasteiger partial charge is 0.478 e. The highest BCUT2D eigenvalue weighted by Crippen LogP contribution is 2.28. The molecule has 0 amide bonds. The molecule has 0 radical (unpaired) electrons. The van der Waals surface area contributed by atoms with E-state index < -0.39 is 5.97 Å². The third-order valence-corrected chi connectivity index (χ3v) is 8.34. The van der Waals surface area contributed by atoms with Gasteiger partial charge in [0.1, 0.15) is 24.1 Å². The molecule has 1 saturated carbocycles. The minimum absolute atomic E-state index is 0.0280. The van der Waals surface area contributed by atoms with E-state index >= 15 is 0 Å². The molecule has 2 aliphatic heterocycles. The van der Waals surface area contributed by atoms with E-state index in [1.165, 1.54) is 6.07 Å². The van der Waals surface area contributed by atoms with Crippen molar-refractivity contribution < 1.29 is 23.8 Å². The molecule has 3 aliphatic rings. The van der Waals surface area contributed by atoms with E-state index in [9.17, 15) is 14.3 Å². The fourth-order valence-corrected chi connectivity index (χ4v) is 5.47. The zero-order valence-corrected chi connectivity index (χ0v) is 24.3. The van der Waals surface area contributed by atoms with Crippen LogP contribution in [-0.2, 0) is 24.4 Å². The summed E-state index contributed by atoms with van der Waals surface area (Å²) in [6.07, 6.45) is 5.03. The molecule has 4 aromatic rings. The van der Waals surface area contributed by atoms with Crippen LogP contribution < -0.4 is 9.64 Å². The lowest BCUT2D eigenvalue weighted by Gasteiger charge is -2.35. The van der Waals surface area contributed by atoms with Gasteiger partial charge >= 0.3 is 12.0 Å². The van der Waals surface area contributed by atoms with Crippen molar-refractivity contribution in [2.75, 3.05) is 37.7 Å². The van der Waals surface area contributed by atoms with Crippen molar-refractivity contribution in [3.63, 3.8) is 0 Å². The first kappa shape index (κ1) is 28.3. The number of halogens is 1. The minimum Gasteiger partial charge on any atom is -0.478 e. The Morgan fingerprint density at radius 3 is 2.64 bits per heavy atom. The highest BCUT2D eigenvalue weighted by molar-refractivity contribution is 5.92. The monoisotopic (exact) mass is 596 g/mol. The summed E-state index contributed by atoms with van der Waals surface area (Å²) in [7, 11) is 0. The number of imidazole rings is 1. The number of carboxylic acid groups (broad SMARTS) is 1. The van der Waals surface area contributed by atoms with Crippen LogP contribution in [0.3, 0.4) is 0 Å². The van der Waals surface area contributed by atoms with Gasteiger partial charge in [0.15, 0.2) is 0 Å². The molecule has 226 valence electrons. The minimum atomic E-state index is -0.953. The number of ether oxygens (including phenoxy) is 2. The van der Waals surface area contributed by atoms with Gasteiger partial charge in [0.05, 0.1) is 35.8 Å². The van der Waals surface area contributed by atoms with Crippen molar-refractivity contribution in [1.29, 1.82) is 0 Å². The van der Waals surface area contributed by atoms with Gasteiger partial charge in [0.25, 0.3) is 0 Å². The molecule has 0 spiro atoms. The Hall–Kier alpha value is -4.53. The maximum absolute atomic E-state index is 14.6. The predicted octanol–water partition coefficient (Wildman–Crippen LogP) is 4.12. The van der Waals surface area contributed by atoms with E-state index in [1.54, 1.807) is 30.5 Å². The van der Waals surface area contributed by atoms with Crippen LogP contribution >= 0.6 is 0 Å². The van der Waals surface area contributed by atoms with Crippen LogP contribution in [0.5, 0.6) is 6.01 Å². The van der Waals surface area contributed by atoms with Crippen molar-refractivity contribution >= 4 is 22.8 Å². The fourth-order valence-electron chi connectivity index (χ4n) is 5.47. The van der Waals surface area contributed by atoms with Crippen molar-refractivity contribution in [3.8, 4) is 17.9 Å². The number of anilines is 1. The summed E-state index contributed by atoms with van der Waals surface area (Å²) in [4.78, 5) is 29.8. The van der Waals surface area contributed by atoms with Gasteiger partial charge in [-0.15, -0.1) is 0 Å². The van der Waals surface area contributed by atoms with Crippen LogP contribution in [0.1, 0.15) is 46.6 Å². The Bertz CT molecular complexity index is 1750. The molecule has 0 bridgehead atoms. The third kappa shape index (κ3) is 6.37. The fraction of sp³-hybridized carbons (Fsp3) is 0.394. The van der Waals surface area contributed by atoms with Crippen LogP contribution in [0.15, 0.2) is 48.7 Å². The Balaban J connectivity index is 0.975. The van der Waals surface area contributed by atoms with Gasteiger partial charge in [-0.25, -0.2) is 19.2 Å². The maximum atomic E-state index is 14.6. The van der Waals surface area contributed by atoms with Crippen molar-refractivity contribution in [2.24, 2.45) is 5.92 Å². The average molecular weight is 597 g/mol. The lowest BCUT2D eigenvalue weighted by molar-refractivity contribution is -0.0592. The standard InChI is InChI=1S/C33H33FN6O4/c34-27-17-23(4-3-22-1-2-22)5-6-25(27)21-44-33-35-11-9-30(37-33)39-14-12-38(13-15-39)20-31-36-28-8-7-24(32(41)42)18-29(28)40(31)19-26-10-16-43-26/h5-9,11,17-18,22,26H,1-2,10,12-16,19-21H2,(H,41,42). The van der Waals surface area contributed by atoms with Crippen LogP contribution in [0, 0.1) is 23.6 Å². The normalized spacial score (nSPS) is 18.5. The van der Waals surface area contributed by atoms with E-state index in [-0.39, 0.29) is 30.1 Å². The van der Waals surface area contributed by atoms with Crippen LogP contribution in [0.25, 0.3) is 11.0 Å².